The fourth-order valence-corrected chi connectivity index (χ4v) is 3.78. The van der Waals surface area contributed by atoms with Crippen LogP contribution < -0.4 is 5.56 Å². The molecule has 4 rings (SSSR count). The van der Waals surface area contributed by atoms with Gasteiger partial charge >= 0.3 is 0 Å². The summed E-state index contributed by atoms with van der Waals surface area (Å²) in [5, 5.41) is 5.20. The molecule has 0 bridgehead atoms. The molecule has 1 aromatic carbocycles. The summed E-state index contributed by atoms with van der Waals surface area (Å²) >= 11 is 7.77. The van der Waals surface area contributed by atoms with Crippen molar-refractivity contribution in [1.82, 2.24) is 14.8 Å². The molecule has 0 aromatic heterocycles. The first-order valence-corrected chi connectivity index (χ1v) is 8.23. The van der Waals surface area contributed by atoms with E-state index in [9.17, 15) is 4.79 Å². The molecule has 0 radical (unpaired) electrons. The van der Waals surface area contributed by atoms with Crippen LogP contribution in [0.1, 0.15) is 11.3 Å². The summed E-state index contributed by atoms with van der Waals surface area (Å²) in [4.78, 5) is 15.8. The number of benzene rings is 1. The predicted molar refractivity (Wildman–Crippen MR) is 85.7 cm³/mol. The zero-order valence-corrected chi connectivity index (χ0v) is 12.7. The quantitative estimate of drug-likeness (QED) is 0.750. The number of rotatable bonds is 1. The number of fused-ring (bicyclic) bond motifs is 3. The zero-order chi connectivity index (χ0) is 14.4. The number of pyridine rings is 1. The van der Waals surface area contributed by atoms with Crippen LogP contribution in [-0.2, 0) is 12.2 Å². The summed E-state index contributed by atoms with van der Waals surface area (Å²) < 4.78 is 1.45. The van der Waals surface area contributed by atoms with Crippen LogP contribution in [0.5, 0.6) is 0 Å². The average Bonchev–Trinajstić information content (AvgIpc) is 2.86. The topological polar surface area (TPSA) is 50.7 Å². The summed E-state index contributed by atoms with van der Waals surface area (Å²) in [6, 6.07) is 7.14. The number of H-pyrrole nitrogens is 1. The number of nitrogens with zero attached hydrogens (tertiary/aromatic N) is 2. The van der Waals surface area contributed by atoms with Gasteiger partial charge in [-0.05, 0) is 36.4 Å². The van der Waals surface area contributed by atoms with Gasteiger partial charge in [-0.2, -0.15) is 21.5 Å². The van der Waals surface area contributed by atoms with E-state index in [-0.39, 0.29) is 5.56 Å². The Morgan fingerprint density at radius 3 is 2.90 bits per heavy atom. The second-order valence-corrected chi connectivity index (χ2v) is 6.55. The van der Waals surface area contributed by atoms with Gasteiger partial charge in [-0.15, -0.1) is 0 Å². The van der Waals surface area contributed by atoms with Crippen molar-refractivity contribution in [2.45, 2.75) is 12.2 Å². The molecular formula is C15H12ClN3OS. The molecule has 0 saturated carbocycles. The minimum Gasteiger partial charge on any atom is -0.364 e. The largest absolute Gasteiger partial charge is 0.364 e. The number of nitrogens with one attached hydrogen (secondary N) is 1. The molecular weight excluding hydrogens is 306 g/mol. The van der Waals surface area contributed by atoms with Crippen molar-refractivity contribution in [1.29, 1.82) is 0 Å². The van der Waals surface area contributed by atoms with Gasteiger partial charge in [-0.3, -0.25) is 4.79 Å². The Morgan fingerprint density at radius 2 is 2.10 bits per heavy atom. The van der Waals surface area contributed by atoms with Crippen molar-refractivity contribution < 1.29 is 0 Å². The SMILES string of the molecule is O=c1c2c[nH]c3c(c-2nn1-c1ccc(Cl)cc1)CSCC3. The molecule has 21 heavy (non-hydrogen) atoms. The zero-order valence-electron chi connectivity index (χ0n) is 11.1. The van der Waals surface area contributed by atoms with E-state index in [2.05, 4.69) is 10.1 Å². The molecule has 3 aliphatic heterocycles. The Labute approximate surface area is 130 Å². The van der Waals surface area contributed by atoms with Crippen molar-refractivity contribution >= 4 is 23.4 Å². The van der Waals surface area contributed by atoms with Crippen molar-refractivity contribution in [3.05, 3.63) is 57.1 Å². The fourth-order valence-electron chi connectivity index (χ4n) is 2.64. The standard InChI is InChI=1S/C15H12ClN3OS/c16-9-1-3-10(4-2-9)19-15(20)11-7-17-13-5-6-21-8-12(13)14(11)18-19/h1-4,7,17H,5-6,8H2. The smallest absolute Gasteiger partial charge is 0.282 e. The van der Waals surface area contributed by atoms with Gasteiger partial charge in [0, 0.05) is 28.2 Å². The first kappa shape index (κ1) is 13.0. The van der Waals surface area contributed by atoms with E-state index in [1.165, 1.54) is 10.4 Å². The van der Waals surface area contributed by atoms with Crippen LogP contribution in [0.4, 0.5) is 0 Å². The average molecular weight is 318 g/mol. The van der Waals surface area contributed by atoms with Gasteiger partial charge in [0.05, 0.1) is 11.3 Å². The molecule has 0 aliphatic carbocycles. The lowest BCUT2D eigenvalue weighted by atomic mass is 10.1. The Kier molecular flexibility index (Phi) is 3.05. The van der Waals surface area contributed by atoms with Crippen LogP contribution in [0.2, 0.25) is 5.02 Å². The molecule has 0 fully saturated rings. The van der Waals surface area contributed by atoms with Crippen LogP contribution in [-0.4, -0.2) is 20.5 Å². The second-order valence-electron chi connectivity index (χ2n) is 5.00. The first-order valence-electron chi connectivity index (χ1n) is 6.70. The van der Waals surface area contributed by atoms with Crippen molar-refractivity contribution in [3.63, 3.8) is 0 Å². The molecule has 1 N–H and O–H groups in total. The van der Waals surface area contributed by atoms with Crippen LogP contribution in [0, 0.1) is 0 Å². The van der Waals surface area contributed by atoms with Crippen molar-refractivity contribution in [2.24, 2.45) is 0 Å². The van der Waals surface area contributed by atoms with Crippen molar-refractivity contribution in [3.8, 4) is 16.9 Å². The molecule has 106 valence electrons. The minimum absolute atomic E-state index is 0.0954. The fraction of sp³-hybridized carbons (Fsp3) is 0.200. The third-order valence-corrected chi connectivity index (χ3v) is 4.97. The molecule has 0 saturated heterocycles. The number of aryl methyl sites for hydroxylation is 1. The van der Waals surface area contributed by atoms with E-state index < -0.39 is 0 Å². The first-order chi connectivity index (χ1) is 10.2. The van der Waals surface area contributed by atoms with Gasteiger partial charge in [0.2, 0.25) is 0 Å². The Morgan fingerprint density at radius 1 is 1.29 bits per heavy atom. The molecule has 0 atom stereocenters. The van der Waals surface area contributed by atoms with E-state index in [1.807, 2.05) is 11.8 Å². The highest BCUT2D eigenvalue weighted by atomic mass is 35.5. The van der Waals surface area contributed by atoms with Gasteiger partial charge < -0.3 is 4.98 Å². The highest BCUT2D eigenvalue weighted by molar-refractivity contribution is 7.98. The molecule has 0 spiro atoms. The normalized spacial score (nSPS) is 14.3. The summed E-state index contributed by atoms with van der Waals surface area (Å²) in [5.74, 6) is 2.01. The van der Waals surface area contributed by atoms with E-state index in [0.29, 0.717) is 10.6 Å². The number of aromatic nitrogens is 3. The number of hydrogen-bond acceptors (Lipinski definition) is 3. The summed E-state index contributed by atoms with van der Waals surface area (Å²) in [6.07, 6.45) is 2.78. The number of aromatic amines is 1. The van der Waals surface area contributed by atoms with Gasteiger partial charge in [-0.25, -0.2) is 0 Å². The Balaban J connectivity index is 1.95. The maximum absolute atomic E-state index is 12.5. The van der Waals surface area contributed by atoms with E-state index in [0.717, 1.165) is 34.9 Å². The Bertz CT molecular complexity index is 837. The van der Waals surface area contributed by atoms with Gasteiger partial charge in [-0.1, -0.05) is 11.6 Å². The predicted octanol–water partition coefficient (Wildman–Crippen LogP) is 3.11. The third kappa shape index (κ3) is 2.08. The van der Waals surface area contributed by atoms with E-state index in [4.69, 9.17) is 11.6 Å². The molecule has 4 nitrogen and oxygen atoms in total. The lowest BCUT2D eigenvalue weighted by molar-refractivity contribution is 0.853. The second kappa shape index (κ2) is 4.93. The monoisotopic (exact) mass is 317 g/mol. The molecule has 0 amide bonds. The van der Waals surface area contributed by atoms with E-state index in [1.54, 1.807) is 30.5 Å². The summed E-state index contributed by atoms with van der Waals surface area (Å²) in [7, 11) is 0. The van der Waals surface area contributed by atoms with Crippen molar-refractivity contribution in [2.75, 3.05) is 5.75 Å². The highest BCUT2D eigenvalue weighted by Gasteiger charge is 2.23. The number of thioether (sulfide) groups is 1. The van der Waals surface area contributed by atoms with Gasteiger partial charge in [0.25, 0.3) is 5.56 Å². The van der Waals surface area contributed by atoms with Gasteiger partial charge in [0.15, 0.2) is 0 Å². The lowest BCUT2D eigenvalue weighted by Crippen LogP contribution is -2.14. The van der Waals surface area contributed by atoms with Gasteiger partial charge in [0.1, 0.15) is 5.69 Å². The number of halogens is 1. The molecule has 1 aromatic rings. The molecule has 6 heteroatoms. The maximum Gasteiger partial charge on any atom is 0.282 e. The Hall–Kier alpha value is -1.72. The summed E-state index contributed by atoms with van der Waals surface area (Å²) in [6.45, 7) is 0. The molecule has 3 aliphatic rings. The lowest BCUT2D eigenvalue weighted by Gasteiger charge is -2.16. The van der Waals surface area contributed by atoms with Crippen LogP contribution in [0.3, 0.4) is 0 Å². The van der Waals surface area contributed by atoms with Crippen LogP contribution >= 0.6 is 23.4 Å². The van der Waals surface area contributed by atoms with Crippen LogP contribution in [0.15, 0.2) is 35.3 Å². The third-order valence-electron chi connectivity index (χ3n) is 3.73. The highest BCUT2D eigenvalue weighted by Crippen LogP contribution is 2.31. The molecule has 3 heterocycles. The van der Waals surface area contributed by atoms with Crippen LogP contribution in [0.25, 0.3) is 16.9 Å². The van der Waals surface area contributed by atoms with E-state index >= 15 is 0 Å². The maximum atomic E-state index is 12.5. The molecule has 0 unspecified atom stereocenters. The summed E-state index contributed by atoms with van der Waals surface area (Å²) in [5.41, 5.74) is 4.46. The number of hydrogen-bond donors (Lipinski definition) is 1. The minimum atomic E-state index is -0.0954.